The van der Waals surface area contributed by atoms with Crippen molar-refractivity contribution in [3.63, 3.8) is 0 Å². The van der Waals surface area contributed by atoms with E-state index in [9.17, 15) is 9.59 Å². The molecule has 0 bridgehead atoms. The van der Waals surface area contributed by atoms with Crippen molar-refractivity contribution >= 4 is 24.2 Å². The molecule has 0 aliphatic rings. The number of hydrogen-bond donors (Lipinski definition) is 2. The third-order valence-corrected chi connectivity index (χ3v) is 3.34. The second-order valence-corrected chi connectivity index (χ2v) is 5.29. The van der Waals surface area contributed by atoms with Crippen molar-refractivity contribution in [1.82, 2.24) is 10.2 Å². The van der Waals surface area contributed by atoms with Gasteiger partial charge in [-0.3, -0.25) is 9.59 Å². The Balaban J connectivity index is 0.00000484. The summed E-state index contributed by atoms with van der Waals surface area (Å²) in [7, 11) is 0. The lowest BCUT2D eigenvalue weighted by Crippen LogP contribution is -2.33. The first kappa shape index (κ1) is 21.4. The number of nitrogens with two attached hydrogens (primary N) is 1. The Bertz CT molecular complexity index is 454. The molecule has 3 N–H and O–H groups in total. The standard InChI is InChI=1S/C17H27N3O2.ClH/c1-2-12-19-16(21)9-10-17(22)20(13-6-11-18)14-15-7-4-3-5-8-15;/h3-5,7-8H,2,6,9-14,18H2,1H3,(H,19,21);1H. The number of hydrogen-bond acceptors (Lipinski definition) is 3. The van der Waals surface area contributed by atoms with Gasteiger partial charge in [0.2, 0.25) is 11.8 Å². The van der Waals surface area contributed by atoms with Gasteiger partial charge in [-0.05, 0) is 24.9 Å². The average molecular weight is 342 g/mol. The van der Waals surface area contributed by atoms with Crippen molar-refractivity contribution in [3.8, 4) is 0 Å². The molecule has 5 nitrogen and oxygen atoms in total. The molecule has 130 valence electrons. The van der Waals surface area contributed by atoms with Crippen LogP contribution >= 0.6 is 12.4 Å². The van der Waals surface area contributed by atoms with Crippen LogP contribution in [0.4, 0.5) is 0 Å². The van der Waals surface area contributed by atoms with E-state index in [2.05, 4.69) is 5.32 Å². The molecule has 1 aromatic rings. The summed E-state index contributed by atoms with van der Waals surface area (Å²) >= 11 is 0. The molecular weight excluding hydrogens is 314 g/mol. The number of carbonyl (C=O) groups excluding carboxylic acids is 2. The zero-order valence-electron chi connectivity index (χ0n) is 13.8. The van der Waals surface area contributed by atoms with Gasteiger partial charge in [0.1, 0.15) is 0 Å². The first-order valence-corrected chi connectivity index (χ1v) is 7.95. The maximum Gasteiger partial charge on any atom is 0.223 e. The first-order chi connectivity index (χ1) is 10.7. The summed E-state index contributed by atoms with van der Waals surface area (Å²) in [6, 6.07) is 9.86. The number of nitrogens with zero attached hydrogens (tertiary/aromatic N) is 1. The fourth-order valence-electron chi connectivity index (χ4n) is 2.11. The van der Waals surface area contributed by atoms with Gasteiger partial charge in [-0.2, -0.15) is 0 Å². The van der Waals surface area contributed by atoms with Crippen LogP contribution in [0.2, 0.25) is 0 Å². The van der Waals surface area contributed by atoms with Gasteiger partial charge >= 0.3 is 0 Å². The summed E-state index contributed by atoms with van der Waals surface area (Å²) in [6.07, 6.45) is 2.15. The molecule has 0 aliphatic carbocycles. The minimum atomic E-state index is -0.0614. The lowest BCUT2D eigenvalue weighted by molar-refractivity contribution is -0.134. The van der Waals surface area contributed by atoms with Crippen LogP contribution in [0.25, 0.3) is 0 Å². The van der Waals surface area contributed by atoms with E-state index >= 15 is 0 Å². The predicted octanol–water partition coefficient (Wildman–Crippen LogP) is 2.09. The molecule has 23 heavy (non-hydrogen) atoms. The van der Waals surface area contributed by atoms with Gasteiger partial charge in [-0.1, -0.05) is 37.3 Å². The second-order valence-electron chi connectivity index (χ2n) is 5.29. The highest BCUT2D eigenvalue weighted by molar-refractivity contribution is 5.85. The van der Waals surface area contributed by atoms with Crippen molar-refractivity contribution < 1.29 is 9.59 Å². The van der Waals surface area contributed by atoms with Crippen LogP contribution in [0, 0.1) is 0 Å². The molecule has 0 radical (unpaired) electrons. The zero-order chi connectivity index (χ0) is 16.2. The van der Waals surface area contributed by atoms with Gasteiger partial charge in [-0.25, -0.2) is 0 Å². The monoisotopic (exact) mass is 341 g/mol. The summed E-state index contributed by atoms with van der Waals surface area (Å²) in [6.45, 7) is 4.40. The number of amides is 2. The molecule has 1 aromatic carbocycles. The Morgan fingerprint density at radius 2 is 1.87 bits per heavy atom. The summed E-state index contributed by atoms with van der Waals surface area (Å²) in [5.74, 6) is -0.0577. The highest BCUT2D eigenvalue weighted by atomic mass is 35.5. The summed E-state index contributed by atoms with van der Waals surface area (Å²) in [5.41, 5.74) is 6.63. The minimum absolute atomic E-state index is 0. The van der Waals surface area contributed by atoms with Crippen molar-refractivity contribution in [2.24, 2.45) is 5.73 Å². The number of rotatable bonds is 10. The fourth-order valence-corrected chi connectivity index (χ4v) is 2.11. The molecule has 2 amide bonds. The third-order valence-electron chi connectivity index (χ3n) is 3.34. The van der Waals surface area contributed by atoms with Crippen LogP contribution in [0.15, 0.2) is 30.3 Å². The molecule has 0 saturated heterocycles. The Morgan fingerprint density at radius 3 is 2.48 bits per heavy atom. The summed E-state index contributed by atoms with van der Waals surface area (Å²) in [4.78, 5) is 25.7. The summed E-state index contributed by atoms with van der Waals surface area (Å²) < 4.78 is 0. The van der Waals surface area contributed by atoms with Gasteiger partial charge in [0.05, 0.1) is 0 Å². The van der Waals surface area contributed by atoms with Crippen molar-refractivity contribution in [1.29, 1.82) is 0 Å². The average Bonchev–Trinajstić information content (AvgIpc) is 2.55. The van der Waals surface area contributed by atoms with E-state index in [-0.39, 0.29) is 37.1 Å². The predicted molar refractivity (Wildman–Crippen MR) is 95.3 cm³/mol. The largest absolute Gasteiger partial charge is 0.356 e. The topological polar surface area (TPSA) is 75.4 Å². The second kappa shape index (κ2) is 12.9. The molecule has 0 fully saturated rings. The van der Waals surface area contributed by atoms with E-state index in [0.29, 0.717) is 26.2 Å². The molecule has 1 rings (SSSR count). The van der Waals surface area contributed by atoms with Crippen molar-refractivity contribution in [2.75, 3.05) is 19.6 Å². The zero-order valence-corrected chi connectivity index (χ0v) is 14.6. The smallest absolute Gasteiger partial charge is 0.223 e. The number of halogens is 1. The third kappa shape index (κ3) is 9.21. The van der Waals surface area contributed by atoms with Gasteiger partial charge < -0.3 is 16.0 Å². The molecule has 0 saturated carbocycles. The molecular formula is C17H28ClN3O2. The Hall–Kier alpha value is -1.59. The lowest BCUT2D eigenvalue weighted by atomic mass is 10.2. The first-order valence-electron chi connectivity index (χ1n) is 7.95. The van der Waals surface area contributed by atoms with Gasteiger partial charge in [0.25, 0.3) is 0 Å². The van der Waals surface area contributed by atoms with E-state index < -0.39 is 0 Å². The van der Waals surface area contributed by atoms with Crippen LogP contribution in [-0.4, -0.2) is 36.3 Å². The molecule has 0 atom stereocenters. The molecule has 0 aromatic heterocycles. The number of benzene rings is 1. The van der Waals surface area contributed by atoms with Crippen LogP contribution < -0.4 is 11.1 Å². The Morgan fingerprint density at radius 1 is 1.17 bits per heavy atom. The lowest BCUT2D eigenvalue weighted by Gasteiger charge is -2.22. The van der Waals surface area contributed by atoms with Crippen molar-refractivity contribution in [2.45, 2.75) is 39.2 Å². The van der Waals surface area contributed by atoms with Gasteiger partial charge in [-0.15, -0.1) is 12.4 Å². The molecule has 0 heterocycles. The molecule has 0 unspecified atom stereocenters. The maximum atomic E-state index is 12.3. The normalized spacial score (nSPS) is 9.83. The fraction of sp³-hybridized carbons (Fsp3) is 0.529. The van der Waals surface area contributed by atoms with E-state index in [4.69, 9.17) is 5.73 Å². The quantitative estimate of drug-likeness (QED) is 0.684. The van der Waals surface area contributed by atoms with E-state index in [1.807, 2.05) is 37.3 Å². The highest BCUT2D eigenvalue weighted by Crippen LogP contribution is 2.08. The van der Waals surface area contributed by atoms with Crippen LogP contribution in [-0.2, 0) is 16.1 Å². The molecule has 0 spiro atoms. The summed E-state index contributed by atoms with van der Waals surface area (Å²) in [5, 5.41) is 2.79. The van der Waals surface area contributed by atoms with E-state index in [1.165, 1.54) is 0 Å². The molecule has 6 heteroatoms. The maximum absolute atomic E-state index is 12.3. The minimum Gasteiger partial charge on any atom is -0.356 e. The Kier molecular flexibility index (Phi) is 12.0. The van der Waals surface area contributed by atoms with Gasteiger partial charge in [0, 0.05) is 32.5 Å². The van der Waals surface area contributed by atoms with E-state index in [1.54, 1.807) is 4.90 Å². The van der Waals surface area contributed by atoms with Crippen LogP contribution in [0.5, 0.6) is 0 Å². The number of nitrogens with one attached hydrogen (secondary N) is 1. The number of carbonyl (C=O) groups is 2. The highest BCUT2D eigenvalue weighted by Gasteiger charge is 2.15. The van der Waals surface area contributed by atoms with Crippen LogP contribution in [0.1, 0.15) is 38.2 Å². The molecule has 0 aliphatic heterocycles. The Labute approximate surface area is 145 Å². The van der Waals surface area contributed by atoms with Crippen molar-refractivity contribution in [3.05, 3.63) is 35.9 Å². The van der Waals surface area contributed by atoms with Gasteiger partial charge in [0.15, 0.2) is 0 Å². The van der Waals surface area contributed by atoms with E-state index in [0.717, 1.165) is 18.4 Å². The van der Waals surface area contributed by atoms with Crippen LogP contribution in [0.3, 0.4) is 0 Å². The SMILES string of the molecule is CCCNC(=O)CCC(=O)N(CCCN)Cc1ccccc1.Cl.